The molecule has 0 bridgehead atoms. The Balaban J connectivity index is 0.00000280. The van der Waals surface area contributed by atoms with Crippen molar-refractivity contribution in [3.8, 4) is 0 Å². The summed E-state index contributed by atoms with van der Waals surface area (Å²) in [4.78, 5) is 13.2. The van der Waals surface area contributed by atoms with Crippen molar-refractivity contribution in [2.24, 2.45) is 12.0 Å². The number of aliphatic imine (C=N–C) groups is 1. The van der Waals surface area contributed by atoms with E-state index in [1.54, 1.807) is 17.2 Å². The van der Waals surface area contributed by atoms with Crippen molar-refractivity contribution in [3.05, 3.63) is 47.9 Å². The summed E-state index contributed by atoms with van der Waals surface area (Å²) in [6.07, 6.45) is 3.32. The molecule has 28 heavy (non-hydrogen) atoms. The molecule has 9 heteroatoms. The summed E-state index contributed by atoms with van der Waals surface area (Å²) in [6, 6.07) is 8.43. The minimum absolute atomic E-state index is 0. The number of aryl methyl sites for hydroxylation is 2. The van der Waals surface area contributed by atoms with Crippen LogP contribution in [0.4, 0.5) is 5.82 Å². The Kier molecular flexibility index (Phi) is 8.42. The van der Waals surface area contributed by atoms with Crippen LogP contribution in [-0.2, 0) is 13.6 Å². The van der Waals surface area contributed by atoms with Crippen LogP contribution < -0.4 is 16.0 Å². The van der Waals surface area contributed by atoms with Crippen LogP contribution in [-0.4, -0.2) is 45.3 Å². The second-order valence-electron chi connectivity index (χ2n) is 6.26. The summed E-state index contributed by atoms with van der Waals surface area (Å²) in [6.45, 7) is 7.02. The second-order valence-corrected chi connectivity index (χ2v) is 6.26. The Morgan fingerprint density at radius 3 is 2.64 bits per heavy atom. The molecule has 2 heterocycles. The van der Waals surface area contributed by atoms with E-state index in [9.17, 15) is 0 Å². The van der Waals surface area contributed by atoms with Crippen LogP contribution in [0.5, 0.6) is 0 Å². The zero-order valence-electron chi connectivity index (χ0n) is 16.4. The van der Waals surface area contributed by atoms with E-state index >= 15 is 0 Å². The number of fused-ring (bicyclic) bond motifs is 1. The second kappa shape index (κ2) is 10.8. The third-order valence-electron chi connectivity index (χ3n) is 4.12. The molecule has 0 spiro atoms. The van der Waals surface area contributed by atoms with Crippen LogP contribution in [0, 0.1) is 6.92 Å². The fraction of sp³-hybridized carbons (Fsp3) is 0.368. The molecule has 8 nitrogen and oxygen atoms in total. The largest absolute Gasteiger partial charge is 0.368 e. The van der Waals surface area contributed by atoms with E-state index in [4.69, 9.17) is 0 Å². The number of rotatable bonds is 7. The molecule has 3 rings (SSSR count). The Hall–Kier alpha value is -2.43. The summed E-state index contributed by atoms with van der Waals surface area (Å²) in [5, 5.41) is 15.1. The number of aromatic nitrogens is 4. The zero-order valence-corrected chi connectivity index (χ0v) is 18.8. The van der Waals surface area contributed by atoms with Crippen molar-refractivity contribution >= 4 is 46.8 Å². The molecule has 0 aliphatic rings. The summed E-state index contributed by atoms with van der Waals surface area (Å²) in [5.74, 6) is 1.59. The van der Waals surface area contributed by atoms with Gasteiger partial charge in [-0.1, -0.05) is 29.8 Å². The first-order valence-electron chi connectivity index (χ1n) is 9.11. The van der Waals surface area contributed by atoms with Crippen LogP contribution in [0.15, 0.2) is 41.8 Å². The van der Waals surface area contributed by atoms with E-state index in [0.29, 0.717) is 19.6 Å². The maximum Gasteiger partial charge on any atom is 0.191 e. The molecule has 2 aromatic heterocycles. The van der Waals surface area contributed by atoms with Crippen LogP contribution in [0.1, 0.15) is 18.1 Å². The van der Waals surface area contributed by atoms with E-state index in [0.717, 1.165) is 29.4 Å². The molecule has 150 valence electrons. The molecule has 0 radical (unpaired) electrons. The number of hydrogen-bond acceptors (Lipinski definition) is 5. The molecule has 0 unspecified atom stereocenters. The highest BCUT2D eigenvalue weighted by atomic mass is 127. The van der Waals surface area contributed by atoms with Gasteiger partial charge in [-0.05, 0) is 19.4 Å². The summed E-state index contributed by atoms with van der Waals surface area (Å²) in [5.41, 5.74) is 3.26. The quantitative estimate of drug-likeness (QED) is 0.202. The van der Waals surface area contributed by atoms with Gasteiger partial charge in [-0.15, -0.1) is 24.0 Å². The Labute approximate surface area is 182 Å². The van der Waals surface area contributed by atoms with Crippen LogP contribution in [0.3, 0.4) is 0 Å². The first kappa shape index (κ1) is 21.9. The Bertz CT molecular complexity index is 904. The van der Waals surface area contributed by atoms with Gasteiger partial charge in [-0.2, -0.15) is 5.10 Å². The molecule has 0 amide bonds. The number of benzene rings is 1. The zero-order chi connectivity index (χ0) is 19.1. The molecule has 0 saturated carbocycles. The Morgan fingerprint density at radius 2 is 1.89 bits per heavy atom. The molecule has 0 saturated heterocycles. The monoisotopic (exact) mass is 494 g/mol. The lowest BCUT2D eigenvalue weighted by molar-refractivity contribution is 0.785. The Morgan fingerprint density at radius 1 is 1.11 bits per heavy atom. The lowest BCUT2D eigenvalue weighted by Crippen LogP contribution is -2.39. The molecule has 0 aliphatic heterocycles. The van der Waals surface area contributed by atoms with E-state index < -0.39 is 0 Å². The van der Waals surface area contributed by atoms with Gasteiger partial charge in [0.25, 0.3) is 0 Å². The van der Waals surface area contributed by atoms with Crippen molar-refractivity contribution in [1.29, 1.82) is 0 Å². The number of anilines is 1. The number of nitrogens with zero attached hydrogens (tertiary/aromatic N) is 5. The number of nitrogens with one attached hydrogen (secondary N) is 3. The van der Waals surface area contributed by atoms with Crippen molar-refractivity contribution in [2.45, 2.75) is 20.4 Å². The van der Waals surface area contributed by atoms with E-state index in [1.165, 1.54) is 11.1 Å². The maximum absolute atomic E-state index is 4.64. The van der Waals surface area contributed by atoms with Crippen molar-refractivity contribution in [3.63, 3.8) is 0 Å². The van der Waals surface area contributed by atoms with Crippen LogP contribution >= 0.6 is 24.0 Å². The summed E-state index contributed by atoms with van der Waals surface area (Å²) < 4.78 is 1.74. The van der Waals surface area contributed by atoms with Gasteiger partial charge >= 0.3 is 0 Å². The van der Waals surface area contributed by atoms with Crippen molar-refractivity contribution < 1.29 is 0 Å². The van der Waals surface area contributed by atoms with E-state index in [2.05, 4.69) is 74.1 Å². The molecule has 3 N–H and O–H groups in total. The highest BCUT2D eigenvalue weighted by molar-refractivity contribution is 14.0. The van der Waals surface area contributed by atoms with Gasteiger partial charge in [-0.3, -0.25) is 4.68 Å². The number of guanidine groups is 1. The molecular formula is C19H27IN8. The van der Waals surface area contributed by atoms with Crippen LogP contribution in [0.25, 0.3) is 11.0 Å². The predicted octanol–water partition coefficient (Wildman–Crippen LogP) is 2.46. The van der Waals surface area contributed by atoms with Gasteiger partial charge < -0.3 is 16.0 Å². The third kappa shape index (κ3) is 5.78. The first-order chi connectivity index (χ1) is 13.2. The highest BCUT2D eigenvalue weighted by Gasteiger charge is 2.07. The van der Waals surface area contributed by atoms with Gasteiger partial charge in [-0.25, -0.2) is 15.0 Å². The third-order valence-corrected chi connectivity index (χ3v) is 4.12. The fourth-order valence-electron chi connectivity index (χ4n) is 2.67. The van der Waals surface area contributed by atoms with Crippen LogP contribution in [0.2, 0.25) is 0 Å². The molecule has 3 aromatic rings. The minimum atomic E-state index is 0. The molecular weight excluding hydrogens is 467 g/mol. The van der Waals surface area contributed by atoms with Crippen molar-refractivity contribution in [2.75, 3.05) is 25.0 Å². The maximum atomic E-state index is 4.64. The standard InChI is InChI=1S/C19H26N8.HI/c1-4-20-19(23-11-15-7-5-14(2)6-8-15)22-10-9-21-17-16-12-26-27(3)18(16)25-13-24-17;/h5-8,12-13H,4,9-11H2,1-3H3,(H2,20,22,23)(H,21,24,25);1H. The number of halogens is 1. The summed E-state index contributed by atoms with van der Waals surface area (Å²) >= 11 is 0. The smallest absolute Gasteiger partial charge is 0.191 e. The molecule has 0 fully saturated rings. The highest BCUT2D eigenvalue weighted by Crippen LogP contribution is 2.17. The predicted molar refractivity (Wildman–Crippen MR) is 124 cm³/mol. The first-order valence-corrected chi connectivity index (χ1v) is 9.11. The lowest BCUT2D eigenvalue weighted by Gasteiger charge is -2.12. The van der Waals surface area contributed by atoms with Gasteiger partial charge in [0.2, 0.25) is 0 Å². The van der Waals surface area contributed by atoms with Gasteiger partial charge in [0, 0.05) is 26.7 Å². The SMILES string of the molecule is CCNC(=NCc1ccc(C)cc1)NCCNc1ncnc2c1cnn2C.I. The lowest BCUT2D eigenvalue weighted by atomic mass is 10.1. The van der Waals surface area contributed by atoms with E-state index in [1.807, 2.05) is 7.05 Å². The normalized spacial score (nSPS) is 11.2. The van der Waals surface area contributed by atoms with E-state index in [-0.39, 0.29) is 24.0 Å². The molecule has 0 aliphatic carbocycles. The average molecular weight is 494 g/mol. The van der Waals surface area contributed by atoms with Gasteiger partial charge in [0.1, 0.15) is 12.1 Å². The molecule has 0 atom stereocenters. The van der Waals surface area contributed by atoms with Crippen molar-refractivity contribution in [1.82, 2.24) is 30.4 Å². The average Bonchev–Trinajstić information content (AvgIpc) is 3.06. The summed E-state index contributed by atoms with van der Waals surface area (Å²) in [7, 11) is 1.87. The topological polar surface area (TPSA) is 92.1 Å². The van der Waals surface area contributed by atoms with Gasteiger partial charge in [0.15, 0.2) is 11.6 Å². The fourth-order valence-corrected chi connectivity index (χ4v) is 2.67. The van der Waals surface area contributed by atoms with Gasteiger partial charge in [0.05, 0.1) is 18.1 Å². The number of hydrogen-bond donors (Lipinski definition) is 3. The molecule has 1 aromatic carbocycles. The minimum Gasteiger partial charge on any atom is -0.368 e.